The molecule has 0 aromatic rings. The summed E-state index contributed by atoms with van der Waals surface area (Å²) in [5.74, 6) is 0. The van der Waals surface area contributed by atoms with E-state index >= 15 is 0 Å². The van der Waals surface area contributed by atoms with Gasteiger partial charge in [-0.1, -0.05) is 13.0 Å². The smallest absolute Gasteiger partial charge is 0.302 e. The molecule has 0 rings (SSSR count). The van der Waals surface area contributed by atoms with E-state index in [0.29, 0.717) is 0 Å². The molecule has 0 bridgehead atoms. The Kier molecular flexibility index (Phi) is 11.6. The Hall–Kier alpha value is 0.327. The van der Waals surface area contributed by atoms with Gasteiger partial charge in [0.2, 0.25) is 0 Å². The molecule has 0 unspecified atom stereocenters. The van der Waals surface area contributed by atoms with Crippen molar-refractivity contribution >= 4 is 18.1 Å². The number of hydrogen-bond acceptors (Lipinski definition) is 3. The first-order chi connectivity index (χ1) is 5.54. The van der Waals surface area contributed by atoms with Crippen LogP contribution in [0.4, 0.5) is 0 Å². The topological polar surface area (TPSA) is 55.8 Å². The number of phosphoric acid groups is 1. The molecule has 76 valence electrons. The number of rotatable bonds is 4. The van der Waals surface area contributed by atoms with Crippen molar-refractivity contribution in [3.63, 3.8) is 0 Å². The quantitative estimate of drug-likeness (QED) is 0.559. The van der Waals surface area contributed by atoms with Crippen LogP contribution in [0.25, 0.3) is 0 Å². The van der Waals surface area contributed by atoms with Crippen LogP contribution in [0.5, 0.6) is 0 Å². The molecule has 0 aliphatic rings. The predicted molar refractivity (Wildman–Crippen MR) is 53.5 cm³/mol. The highest BCUT2D eigenvalue weighted by atomic mass is 31.2. The van der Waals surface area contributed by atoms with Crippen molar-refractivity contribution in [2.24, 2.45) is 0 Å². The molecule has 0 aromatic heterocycles. The third-order valence-electron chi connectivity index (χ3n) is 0.584. The summed E-state index contributed by atoms with van der Waals surface area (Å²) in [4.78, 5) is 8.63. The van der Waals surface area contributed by atoms with Gasteiger partial charge in [0.25, 0.3) is 0 Å². The van der Waals surface area contributed by atoms with Crippen LogP contribution < -0.4 is 0 Å². The summed E-state index contributed by atoms with van der Waals surface area (Å²) in [6, 6.07) is 1.39. The molecule has 0 saturated heterocycles. The molecule has 0 aliphatic heterocycles. The molecular formula is C6H19O4PSi. The Bertz CT molecular complexity index is 121. The Labute approximate surface area is 77.3 Å². The number of phosphoric ester groups is 1. The lowest BCUT2D eigenvalue weighted by molar-refractivity contribution is 0.161. The van der Waals surface area contributed by atoms with E-state index in [9.17, 15) is 4.57 Å². The molecule has 0 aliphatic carbocycles. The van der Waals surface area contributed by atoms with E-state index in [0.717, 1.165) is 0 Å². The summed E-state index contributed by atoms with van der Waals surface area (Å²) in [7, 11) is -2.32. The summed E-state index contributed by atoms with van der Waals surface area (Å²) >= 11 is 0. The van der Waals surface area contributed by atoms with Gasteiger partial charge in [-0.15, -0.1) is 0 Å². The average molecular weight is 214 g/mol. The molecule has 6 heteroatoms. The van der Waals surface area contributed by atoms with Crippen molar-refractivity contribution in [3.05, 3.63) is 0 Å². The second-order valence-corrected chi connectivity index (χ2v) is 4.88. The van der Waals surface area contributed by atoms with E-state index in [1.807, 2.05) is 0 Å². The van der Waals surface area contributed by atoms with Crippen LogP contribution in [-0.2, 0) is 13.6 Å². The van der Waals surface area contributed by atoms with Crippen molar-refractivity contribution in [2.45, 2.75) is 26.8 Å². The van der Waals surface area contributed by atoms with Crippen LogP contribution in [0.2, 0.25) is 6.04 Å². The van der Waals surface area contributed by atoms with Gasteiger partial charge < -0.3 is 4.89 Å². The molecule has 0 spiro atoms. The van der Waals surface area contributed by atoms with Crippen molar-refractivity contribution < 1.29 is 18.5 Å². The zero-order valence-corrected chi connectivity index (χ0v) is 11.1. The summed E-state index contributed by atoms with van der Waals surface area (Å²) in [5.41, 5.74) is 0. The normalized spacial score (nSPS) is 10.7. The van der Waals surface area contributed by atoms with E-state index in [1.54, 1.807) is 13.8 Å². The zero-order chi connectivity index (χ0) is 10.0. The molecule has 12 heavy (non-hydrogen) atoms. The fraction of sp³-hybridized carbons (Fsp3) is 1.00. The average Bonchev–Trinajstić information content (AvgIpc) is 1.88. The van der Waals surface area contributed by atoms with Gasteiger partial charge in [0.05, 0.1) is 13.2 Å². The monoisotopic (exact) mass is 214 g/mol. The van der Waals surface area contributed by atoms with E-state index in [1.165, 1.54) is 16.3 Å². The minimum atomic E-state index is -3.69. The van der Waals surface area contributed by atoms with Crippen molar-refractivity contribution in [1.82, 2.24) is 0 Å². The first-order valence-electron chi connectivity index (χ1n) is 4.15. The Balaban J connectivity index is 0. The Morgan fingerprint density at radius 2 is 1.50 bits per heavy atom. The van der Waals surface area contributed by atoms with E-state index in [4.69, 9.17) is 4.89 Å². The highest BCUT2D eigenvalue weighted by Crippen LogP contribution is 2.42. The lowest BCUT2D eigenvalue weighted by atomic mass is 10.9. The van der Waals surface area contributed by atoms with Gasteiger partial charge in [-0.2, -0.15) is 0 Å². The summed E-state index contributed by atoms with van der Waals surface area (Å²) < 4.78 is 19.2. The predicted octanol–water partition coefficient (Wildman–Crippen LogP) is 0.950. The van der Waals surface area contributed by atoms with Crippen molar-refractivity contribution in [1.29, 1.82) is 0 Å². The second-order valence-electron chi connectivity index (χ2n) is 2.01. The fourth-order valence-corrected chi connectivity index (χ4v) is 1.09. The molecular weight excluding hydrogens is 195 g/mol. The van der Waals surface area contributed by atoms with Crippen molar-refractivity contribution in [3.8, 4) is 0 Å². The summed E-state index contributed by atoms with van der Waals surface area (Å²) in [5, 5.41) is 0. The third-order valence-corrected chi connectivity index (χ3v) is 1.75. The fourth-order valence-electron chi connectivity index (χ4n) is 0.364. The maximum Gasteiger partial charge on any atom is 0.472 e. The maximum atomic E-state index is 10.5. The van der Waals surface area contributed by atoms with Gasteiger partial charge in [0.15, 0.2) is 0 Å². The minimum absolute atomic E-state index is 0.188. The zero-order valence-electron chi connectivity index (χ0n) is 8.24. The van der Waals surface area contributed by atoms with E-state index in [-0.39, 0.29) is 13.2 Å². The first-order valence-corrected chi connectivity index (χ1v) is 7.06. The Morgan fingerprint density at radius 1 is 1.25 bits per heavy atom. The van der Waals surface area contributed by atoms with Crippen LogP contribution in [0.3, 0.4) is 0 Å². The minimum Gasteiger partial charge on any atom is -0.302 e. The van der Waals surface area contributed by atoms with E-state index in [2.05, 4.69) is 16.0 Å². The number of hydrogen-bond donors (Lipinski definition) is 1. The third kappa shape index (κ3) is 13.0. The highest BCUT2D eigenvalue weighted by Gasteiger charge is 2.17. The molecule has 0 fully saturated rings. The standard InChI is InChI=1S/C4H11O4P.C2H8Si/c1-3-7-9(5,6)8-4-2;1-2-3/h3-4H2,1-2H3,(H,5,6);2H2,1,3H3. The molecule has 0 radical (unpaired) electrons. The largest absolute Gasteiger partial charge is 0.472 e. The summed E-state index contributed by atoms with van der Waals surface area (Å²) in [6.45, 7) is 5.82. The first kappa shape index (κ1) is 14.8. The molecule has 0 atom stereocenters. The summed E-state index contributed by atoms with van der Waals surface area (Å²) in [6.07, 6.45) is 0. The lowest BCUT2D eigenvalue weighted by Gasteiger charge is -2.07. The maximum absolute atomic E-state index is 10.5. The van der Waals surface area contributed by atoms with Gasteiger partial charge in [0.1, 0.15) is 0 Å². The van der Waals surface area contributed by atoms with Crippen LogP contribution in [-0.4, -0.2) is 28.3 Å². The molecule has 0 saturated carbocycles. The van der Waals surface area contributed by atoms with Crippen molar-refractivity contribution in [2.75, 3.05) is 13.2 Å². The van der Waals surface area contributed by atoms with Crippen LogP contribution in [0.15, 0.2) is 0 Å². The lowest BCUT2D eigenvalue weighted by Crippen LogP contribution is -1.93. The van der Waals surface area contributed by atoms with Gasteiger partial charge >= 0.3 is 7.82 Å². The highest BCUT2D eigenvalue weighted by molar-refractivity contribution is 7.47. The van der Waals surface area contributed by atoms with Crippen LogP contribution in [0.1, 0.15) is 20.8 Å². The van der Waals surface area contributed by atoms with Gasteiger partial charge in [-0.3, -0.25) is 9.05 Å². The Morgan fingerprint density at radius 3 is 1.67 bits per heavy atom. The molecule has 1 N–H and O–H groups in total. The molecule has 0 heterocycles. The van der Waals surface area contributed by atoms with Gasteiger partial charge in [0, 0.05) is 10.2 Å². The second kappa shape index (κ2) is 9.42. The van der Waals surface area contributed by atoms with Gasteiger partial charge in [-0.05, 0) is 13.8 Å². The molecule has 4 nitrogen and oxygen atoms in total. The van der Waals surface area contributed by atoms with Crippen LogP contribution >= 0.6 is 7.82 Å². The van der Waals surface area contributed by atoms with E-state index < -0.39 is 7.82 Å². The molecule has 0 aromatic carbocycles. The van der Waals surface area contributed by atoms with Gasteiger partial charge in [-0.25, -0.2) is 4.57 Å². The van der Waals surface area contributed by atoms with Crippen LogP contribution in [0, 0.1) is 0 Å². The SMILES string of the molecule is CCOP(=O)(O)OCC.CC[SiH3]. The molecule has 0 amide bonds.